The van der Waals surface area contributed by atoms with Crippen molar-refractivity contribution in [2.75, 3.05) is 27.4 Å². The molecule has 4 rings (SSSR count). The summed E-state index contributed by atoms with van der Waals surface area (Å²) in [4.78, 5) is 25.8. The summed E-state index contributed by atoms with van der Waals surface area (Å²) in [6.07, 6.45) is 0.653. The van der Waals surface area contributed by atoms with E-state index in [2.05, 4.69) is 15.9 Å². The van der Waals surface area contributed by atoms with Gasteiger partial charge in [-0.2, -0.15) is 0 Å². The first-order valence-electron chi connectivity index (χ1n) is 10.6. The molecule has 8 nitrogen and oxygen atoms in total. The predicted octanol–water partition coefficient (Wildman–Crippen LogP) is 5.19. The Kier molecular flexibility index (Phi) is 7.02. The molecule has 1 aliphatic heterocycles. The molecule has 1 heterocycles. The van der Waals surface area contributed by atoms with Gasteiger partial charge in [0.2, 0.25) is 0 Å². The van der Waals surface area contributed by atoms with Gasteiger partial charge in [-0.15, -0.1) is 0 Å². The Morgan fingerprint density at radius 2 is 1.76 bits per heavy atom. The molecule has 1 unspecified atom stereocenters. The monoisotopic (exact) mass is 526 g/mol. The molecule has 3 aromatic carbocycles. The van der Waals surface area contributed by atoms with Crippen LogP contribution in [0.4, 0.5) is 5.69 Å². The van der Waals surface area contributed by atoms with Crippen LogP contribution in [0.1, 0.15) is 27.5 Å². The largest absolute Gasteiger partial charge is 0.493 e. The van der Waals surface area contributed by atoms with Gasteiger partial charge in [-0.3, -0.25) is 14.9 Å². The van der Waals surface area contributed by atoms with Crippen LogP contribution in [-0.4, -0.2) is 43.1 Å². The summed E-state index contributed by atoms with van der Waals surface area (Å²) < 4.78 is 17.7. The number of rotatable bonds is 7. The Morgan fingerprint density at radius 1 is 1.09 bits per heavy atom. The van der Waals surface area contributed by atoms with Gasteiger partial charge >= 0.3 is 0 Å². The minimum absolute atomic E-state index is 0.0158. The second-order valence-electron chi connectivity index (χ2n) is 7.71. The van der Waals surface area contributed by atoms with Crippen molar-refractivity contribution in [3.63, 3.8) is 0 Å². The molecule has 9 heteroatoms. The lowest BCUT2D eigenvalue weighted by Crippen LogP contribution is -2.42. The molecule has 0 saturated carbocycles. The van der Waals surface area contributed by atoms with Gasteiger partial charge in [-0.25, -0.2) is 0 Å². The number of nitro groups is 1. The molecule has 0 aromatic heterocycles. The number of halogens is 1. The van der Waals surface area contributed by atoms with Crippen molar-refractivity contribution in [1.82, 2.24) is 4.90 Å². The number of fused-ring (bicyclic) bond motifs is 1. The molecule has 0 radical (unpaired) electrons. The molecule has 1 amide bonds. The van der Waals surface area contributed by atoms with E-state index in [1.165, 1.54) is 12.1 Å². The summed E-state index contributed by atoms with van der Waals surface area (Å²) in [5, 5.41) is 10.9. The molecular weight excluding hydrogens is 504 g/mol. The minimum atomic E-state index is -0.459. The molecule has 0 N–H and O–H groups in total. The summed E-state index contributed by atoms with van der Waals surface area (Å²) in [6, 6.07) is 16.6. The summed E-state index contributed by atoms with van der Waals surface area (Å²) in [5.41, 5.74) is 2.50. The third-order valence-electron chi connectivity index (χ3n) is 5.82. The van der Waals surface area contributed by atoms with Crippen LogP contribution in [0, 0.1) is 10.1 Å². The van der Waals surface area contributed by atoms with E-state index in [4.69, 9.17) is 14.2 Å². The maximum atomic E-state index is 13.6. The average Bonchev–Trinajstić information content (AvgIpc) is 2.86. The Balaban J connectivity index is 1.69. The van der Waals surface area contributed by atoms with E-state index >= 15 is 0 Å². The van der Waals surface area contributed by atoms with Gasteiger partial charge in [0.15, 0.2) is 11.5 Å². The van der Waals surface area contributed by atoms with Crippen LogP contribution < -0.4 is 14.2 Å². The average molecular weight is 527 g/mol. The van der Waals surface area contributed by atoms with Crippen LogP contribution in [0.25, 0.3) is 0 Å². The Bertz CT molecular complexity index is 1210. The number of benzene rings is 3. The molecule has 3 aromatic rings. The molecule has 0 saturated heterocycles. The molecule has 1 aliphatic rings. The highest BCUT2D eigenvalue weighted by atomic mass is 79.9. The Hall–Kier alpha value is -3.59. The second-order valence-corrected chi connectivity index (χ2v) is 8.57. The van der Waals surface area contributed by atoms with Gasteiger partial charge in [0, 0.05) is 23.2 Å². The van der Waals surface area contributed by atoms with Crippen LogP contribution >= 0.6 is 15.9 Å². The smallest absolute Gasteiger partial charge is 0.269 e. The first kappa shape index (κ1) is 23.6. The Labute approximate surface area is 205 Å². The fourth-order valence-corrected chi connectivity index (χ4v) is 4.53. The van der Waals surface area contributed by atoms with Crippen molar-refractivity contribution in [2.24, 2.45) is 0 Å². The van der Waals surface area contributed by atoms with Gasteiger partial charge in [0.1, 0.15) is 12.4 Å². The number of carbonyl (C=O) groups excluding carboxylic acids is 1. The van der Waals surface area contributed by atoms with Crippen LogP contribution in [0.3, 0.4) is 0 Å². The van der Waals surface area contributed by atoms with E-state index in [0.717, 1.165) is 11.1 Å². The lowest BCUT2D eigenvalue weighted by atomic mass is 9.91. The number of carbonyl (C=O) groups is 1. The third kappa shape index (κ3) is 4.70. The van der Waals surface area contributed by atoms with E-state index in [1.807, 2.05) is 30.3 Å². The van der Waals surface area contributed by atoms with Crippen LogP contribution in [0.2, 0.25) is 0 Å². The van der Waals surface area contributed by atoms with Crippen molar-refractivity contribution in [2.45, 2.75) is 12.5 Å². The zero-order valence-corrected chi connectivity index (χ0v) is 20.3. The highest BCUT2D eigenvalue weighted by molar-refractivity contribution is 9.10. The molecule has 34 heavy (non-hydrogen) atoms. The number of ether oxygens (including phenoxy) is 3. The second kappa shape index (κ2) is 10.1. The SMILES string of the molecule is COc1cc2c(cc1OC)C(COc1ccc([N+](=O)[O-])cc1)N(C(=O)c1ccccc1Br)CC2. The van der Waals surface area contributed by atoms with Crippen molar-refractivity contribution in [3.05, 3.63) is 91.9 Å². The predicted molar refractivity (Wildman–Crippen MR) is 130 cm³/mol. The molecule has 0 spiro atoms. The lowest BCUT2D eigenvalue weighted by Gasteiger charge is -2.38. The normalized spacial score (nSPS) is 14.8. The topological polar surface area (TPSA) is 91.1 Å². The molecule has 1 atom stereocenters. The highest BCUT2D eigenvalue weighted by Crippen LogP contribution is 2.39. The number of methoxy groups -OCH3 is 2. The van der Waals surface area contributed by atoms with Crippen LogP contribution in [0.15, 0.2) is 65.1 Å². The first-order valence-corrected chi connectivity index (χ1v) is 11.4. The standard InChI is InChI=1S/C25H23BrN2O6/c1-32-23-13-16-11-12-27(25(29)19-5-3-4-6-21(19)26)22(20(16)14-24(23)33-2)15-34-18-9-7-17(8-10-18)28(30)31/h3-10,13-14,22H,11-12,15H2,1-2H3. The Morgan fingerprint density at radius 3 is 2.41 bits per heavy atom. The number of hydrogen-bond donors (Lipinski definition) is 0. The quantitative estimate of drug-likeness (QED) is 0.310. The summed E-state index contributed by atoms with van der Waals surface area (Å²) in [7, 11) is 3.16. The van der Waals surface area contributed by atoms with Gasteiger partial charge < -0.3 is 19.1 Å². The van der Waals surface area contributed by atoms with E-state index in [9.17, 15) is 14.9 Å². The lowest BCUT2D eigenvalue weighted by molar-refractivity contribution is -0.384. The molecule has 0 fully saturated rings. The van der Waals surface area contributed by atoms with Crippen LogP contribution in [0.5, 0.6) is 17.2 Å². The summed E-state index contributed by atoms with van der Waals surface area (Å²) in [5.74, 6) is 1.55. The van der Waals surface area contributed by atoms with Crippen molar-refractivity contribution < 1.29 is 23.9 Å². The molecule has 176 valence electrons. The summed E-state index contributed by atoms with van der Waals surface area (Å²) in [6.45, 7) is 0.660. The molecule has 0 aliphatic carbocycles. The molecular formula is C25H23BrN2O6. The van der Waals surface area contributed by atoms with Gasteiger partial charge in [-0.1, -0.05) is 12.1 Å². The van der Waals surface area contributed by atoms with E-state index < -0.39 is 11.0 Å². The maximum Gasteiger partial charge on any atom is 0.269 e. The van der Waals surface area contributed by atoms with Crippen molar-refractivity contribution in [1.29, 1.82) is 0 Å². The van der Waals surface area contributed by atoms with Crippen molar-refractivity contribution in [3.8, 4) is 17.2 Å². The fourth-order valence-electron chi connectivity index (χ4n) is 4.08. The summed E-state index contributed by atoms with van der Waals surface area (Å²) >= 11 is 3.48. The first-order chi connectivity index (χ1) is 16.4. The molecule has 0 bridgehead atoms. The van der Waals surface area contributed by atoms with E-state index in [1.54, 1.807) is 37.3 Å². The van der Waals surface area contributed by atoms with E-state index in [-0.39, 0.29) is 18.2 Å². The fraction of sp³-hybridized carbons (Fsp3) is 0.240. The van der Waals surface area contributed by atoms with Crippen LogP contribution in [-0.2, 0) is 6.42 Å². The zero-order chi connectivity index (χ0) is 24.2. The van der Waals surface area contributed by atoms with Gasteiger partial charge in [0.05, 0.1) is 30.7 Å². The number of nitrogens with zero attached hydrogens (tertiary/aromatic N) is 2. The number of amides is 1. The number of nitro benzene ring substituents is 1. The van der Waals surface area contributed by atoms with E-state index in [0.29, 0.717) is 40.3 Å². The minimum Gasteiger partial charge on any atom is -0.493 e. The highest BCUT2D eigenvalue weighted by Gasteiger charge is 2.34. The van der Waals surface area contributed by atoms with Gasteiger partial charge in [-0.05, 0) is 69.9 Å². The number of non-ortho nitro benzene ring substituents is 1. The van der Waals surface area contributed by atoms with Gasteiger partial charge in [0.25, 0.3) is 11.6 Å². The zero-order valence-electron chi connectivity index (χ0n) is 18.7. The number of hydrogen-bond acceptors (Lipinski definition) is 6. The van der Waals surface area contributed by atoms with Crippen molar-refractivity contribution >= 4 is 27.5 Å². The maximum absolute atomic E-state index is 13.6. The third-order valence-corrected chi connectivity index (χ3v) is 6.51.